The van der Waals surface area contributed by atoms with Gasteiger partial charge in [-0.2, -0.15) is 0 Å². The topological polar surface area (TPSA) is 26.3 Å². The summed E-state index contributed by atoms with van der Waals surface area (Å²) in [5.74, 6) is -0.227. The molecule has 2 aromatic carbocycles. The van der Waals surface area contributed by atoms with Crippen LogP contribution in [0.1, 0.15) is 14.9 Å². The Kier molecular flexibility index (Phi) is 5.38. The summed E-state index contributed by atoms with van der Waals surface area (Å²) in [5, 5.41) is 0. The molecule has 0 saturated carbocycles. The Labute approximate surface area is 135 Å². The van der Waals surface area contributed by atoms with Gasteiger partial charge < -0.3 is 4.74 Å². The Bertz CT molecular complexity index is 592. The maximum atomic E-state index is 11.5. The number of benzene rings is 2. The molecule has 0 bridgehead atoms. The number of ether oxygens (including phenoxy) is 1. The zero-order valence-electron chi connectivity index (χ0n) is 11.0. The lowest BCUT2D eigenvalue weighted by atomic mass is 9.97. The van der Waals surface area contributed by atoms with E-state index in [1.165, 1.54) is 7.11 Å². The molecular weight excluding hydrogens is 384 g/mol. The standard InChI is InChI=1S/C16H14Br2O2/c1-20-15(19)10-13-4-2-3-5-14(13)11-6-8-12(9-7-11)16(17)18/h2-9,16H,10H2,1H3. The lowest BCUT2D eigenvalue weighted by Crippen LogP contribution is -2.05. The molecule has 0 aromatic heterocycles. The highest BCUT2D eigenvalue weighted by atomic mass is 79.9. The number of hydrogen-bond acceptors (Lipinski definition) is 2. The third-order valence-corrected chi connectivity index (χ3v) is 4.11. The first kappa shape index (κ1) is 15.3. The van der Waals surface area contributed by atoms with E-state index in [0.29, 0.717) is 0 Å². The summed E-state index contributed by atoms with van der Waals surface area (Å²) in [6.45, 7) is 0. The Morgan fingerprint density at radius 3 is 2.35 bits per heavy atom. The number of methoxy groups -OCH3 is 1. The van der Waals surface area contributed by atoms with Gasteiger partial charge in [-0.1, -0.05) is 80.4 Å². The predicted octanol–water partition coefficient (Wildman–Crippen LogP) is 4.86. The summed E-state index contributed by atoms with van der Waals surface area (Å²) in [6, 6.07) is 16.1. The molecule has 0 aliphatic heterocycles. The molecule has 0 radical (unpaired) electrons. The van der Waals surface area contributed by atoms with Crippen molar-refractivity contribution in [3.05, 3.63) is 59.7 Å². The van der Waals surface area contributed by atoms with E-state index in [1.807, 2.05) is 24.3 Å². The normalized spacial score (nSPS) is 10.6. The average Bonchev–Trinajstić information content (AvgIpc) is 2.48. The minimum atomic E-state index is -0.227. The largest absolute Gasteiger partial charge is 0.469 e. The first-order chi connectivity index (χ1) is 9.61. The van der Waals surface area contributed by atoms with Crippen LogP contribution in [0.2, 0.25) is 0 Å². The fourth-order valence-corrected chi connectivity index (χ4v) is 2.60. The van der Waals surface area contributed by atoms with Crippen molar-refractivity contribution in [3.63, 3.8) is 0 Å². The van der Waals surface area contributed by atoms with E-state index in [1.54, 1.807) is 0 Å². The van der Waals surface area contributed by atoms with E-state index in [9.17, 15) is 4.79 Å². The smallest absolute Gasteiger partial charge is 0.309 e. The maximum Gasteiger partial charge on any atom is 0.309 e. The molecule has 0 amide bonds. The summed E-state index contributed by atoms with van der Waals surface area (Å²) < 4.78 is 4.89. The fourth-order valence-electron chi connectivity index (χ4n) is 1.99. The molecule has 2 rings (SSSR count). The number of carbonyl (C=O) groups excluding carboxylic acids is 1. The van der Waals surface area contributed by atoms with Crippen LogP contribution in [-0.4, -0.2) is 13.1 Å². The van der Waals surface area contributed by atoms with Crippen LogP contribution in [0.3, 0.4) is 0 Å². The molecule has 0 aliphatic carbocycles. The van der Waals surface area contributed by atoms with Crippen LogP contribution >= 0.6 is 31.9 Å². The second-order valence-corrected chi connectivity index (χ2v) is 7.39. The minimum Gasteiger partial charge on any atom is -0.469 e. The highest BCUT2D eigenvalue weighted by molar-refractivity contribution is 9.24. The quantitative estimate of drug-likeness (QED) is 0.544. The van der Waals surface area contributed by atoms with Crippen molar-refractivity contribution in [3.8, 4) is 11.1 Å². The van der Waals surface area contributed by atoms with Gasteiger partial charge in [-0.25, -0.2) is 0 Å². The lowest BCUT2D eigenvalue weighted by Gasteiger charge is -2.10. The van der Waals surface area contributed by atoms with E-state index in [-0.39, 0.29) is 16.1 Å². The molecule has 2 aromatic rings. The summed E-state index contributed by atoms with van der Waals surface area (Å²) in [6.07, 6.45) is 0.286. The average molecular weight is 398 g/mol. The first-order valence-electron chi connectivity index (χ1n) is 6.15. The van der Waals surface area contributed by atoms with Crippen molar-refractivity contribution in [2.75, 3.05) is 7.11 Å². The molecule has 0 heterocycles. The van der Waals surface area contributed by atoms with Crippen LogP contribution in [0.5, 0.6) is 0 Å². The van der Waals surface area contributed by atoms with Gasteiger partial charge in [0.1, 0.15) is 0 Å². The van der Waals surface area contributed by atoms with Gasteiger partial charge in [0.2, 0.25) is 0 Å². The number of carbonyl (C=O) groups is 1. The van der Waals surface area contributed by atoms with Gasteiger partial charge in [0, 0.05) is 0 Å². The molecule has 104 valence electrons. The molecule has 0 aliphatic rings. The van der Waals surface area contributed by atoms with E-state index in [2.05, 4.69) is 56.1 Å². The predicted molar refractivity (Wildman–Crippen MR) is 88.2 cm³/mol. The molecule has 0 unspecified atom stereocenters. The van der Waals surface area contributed by atoms with Gasteiger partial charge >= 0.3 is 5.97 Å². The Morgan fingerprint density at radius 1 is 1.10 bits per heavy atom. The highest BCUT2D eigenvalue weighted by Crippen LogP contribution is 2.31. The Balaban J connectivity index is 2.34. The number of hydrogen-bond donors (Lipinski definition) is 0. The summed E-state index contributed by atoms with van der Waals surface area (Å²) in [5.41, 5.74) is 4.28. The van der Waals surface area contributed by atoms with Gasteiger partial charge in [0.05, 0.1) is 17.3 Å². The minimum absolute atomic E-state index is 0.148. The van der Waals surface area contributed by atoms with Gasteiger partial charge in [0.25, 0.3) is 0 Å². The molecule has 0 spiro atoms. The van der Waals surface area contributed by atoms with Crippen LogP contribution in [-0.2, 0) is 16.0 Å². The van der Waals surface area contributed by atoms with Crippen LogP contribution in [0, 0.1) is 0 Å². The third kappa shape index (κ3) is 3.70. The van der Waals surface area contributed by atoms with Crippen LogP contribution < -0.4 is 0 Å². The van der Waals surface area contributed by atoms with Gasteiger partial charge in [-0.15, -0.1) is 0 Å². The number of halogens is 2. The van der Waals surface area contributed by atoms with E-state index in [0.717, 1.165) is 22.3 Å². The van der Waals surface area contributed by atoms with E-state index < -0.39 is 0 Å². The monoisotopic (exact) mass is 396 g/mol. The summed E-state index contributed by atoms with van der Waals surface area (Å²) >= 11 is 6.95. The number of rotatable bonds is 4. The van der Waals surface area contributed by atoms with Crippen molar-refractivity contribution in [2.24, 2.45) is 0 Å². The van der Waals surface area contributed by atoms with Crippen LogP contribution in [0.4, 0.5) is 0 Å². The van der Waals surface area contributed by atoms with Gasteiger partial charge in [0.15, 0.2) is 0 Å². The molecule has 0 atom stereocenters. The van der Waals surface area contributed by atoms with E-state index in [4.69, 9.17) is 4.74 Å². The molecule has 2 nitrogen and oxygen atoms in total. The van der Waals surface area contributed by atoms with Gasteiger partial charge in [-0.05, 0) is 22.3 Å². The second kappa shape index (κ2) is 7.04. The molecule has 20 heavy (non-hydrogen) atoms. The SMILES string of the molecule is COC(=O)Cc1ccccc1-c1ccc(C(Br)Br)cc1. The van der Waals surface area contributed by atoms with Crippen molar-refractivity contribution in [1.82, 2.24) is 0 Å². The second-order valence-electron chi connectivity index (χ2n) is 4.33. The van der Waals surface area contributed by atoms with Crippen molar-refractivity contribution < 1.29 is 9.53 Å². The Hall–Kier alpha value is -1.13. The van der Waals surface area contributed by atoms with Crippen LogP contribution in [0.25, 0.3) is 11.1 Å². The van der Waals surface area contributed by atoms with Crippen molar-refractivity contribution in [1.29, 1.82) is 0 Å². The maximum absolute atomic E-state index is 11.5. The van der Waals surface area contributed by atoms with Crippen molar-refractivity contribution >= 4 is 37.8 Å². The fraction of sp³-hybridized carbons (Fsp3) is 0.188. The Morgan fingerprint density at radius 2 is 1.75 bits per heavy atom. The number of esters is 1. The molecular formula is C16H14Br2O2. The summed E-state index contributed by atoms with van der Waals surface area (Å²) in [7, 11) is 1.41. The molecule has 0 fully saturated rings. The van der Waals surface area contributed by atoms with Gasteiger partial charge in [-0.3, -0.25) is 4.79 Å². The zero-order chi connectivity index (χ0) is 14.5. The van der Waals surface area contributed by atoms with Crippen molar-refractivity contribution in [2.45, 2.75) is 10.2 Å². The first-order valence-corrected chi connectivity index (χ1v) is 7.98. The highest BCUT2D eigenvalue weighted by Gasteiger charge is 2.10. The molecule has 0 saturated heterocycles. The zero-order valence-corrected chi connectivity index (χ0v) is 14.1. The lowest BCUT2D eigenvalue weighted by molar-refractivity contribution is -0.139. The number of alkyl halides is 2. The molecule has 0 N–H and O–H groups in total. The van der Waals surface area contributed by atoms with Crippen LogP contribution in [0.15, 0.2) is 48.5 Å². The van der Waals surface area contributed by atoms with E-state index >= 15 is 0 Å². The molecule has 4 heteroatoms. The third-order valence-electron chi connectivity index (χ3n) is 3.05. The summed E-state index contributed by atoms with van der Waals surface area (Å²) in [4.78, 5) is 11.5.